The van der Waals surface area contributed by atoms with Gasteiger partial charge in [0.25, 0.3) is 5.56 Å². The van der Waals surface area contributed by atoms with Crippen molar-refractivity contribution < 1.29 is 0 Å². The lowest BCUT2D eigenvalue weighted by Gasteiger charge is -2.04. The van der Waals surface area contributed by atoms with Crippen LogP contribution in [0.25, 0.3) is 10.9 Å². The molecule has 6 heteroatoms. The molecule has 0 amide bonds. The number of hydrogen-bond acceptors (Lipinski definition) is 5. The maximum atomic E-state index is 11.9. The number of nitrogens with one attached hydrogen (secondary N) is 2. The van der Waals surface area contributed by atoms with Crippen LogP contribution in [0.1, 0.15) is 15.7 Å². The number of benzene rings is 1. The number of thiazole rings is 1. The largest absolute Gasteiger partial charge is 0.309 e. The van der Waals surface area contributed by atoms with Crippen molar-refractivity contribution in [2.45, 2.75) is 20.0 Å². The average Bonchev–Trinajstić information content (AvgIpc) is 2.85. The fraction of sp³-hybridized carbons (Fsp3) is 0.214. The minimum Gasteiger partial charge on any atom is -0.309 e. The Labute approximate surface area is 119 Å². The molecular weight excluding hydrogens is 272 g/mol. The van der Waals surface area contributed by atoms with Crippen molar-refractivity contribution in [3.8, 4) is 0 Å². The second-order valence-electron chi connectivity index (χ2n) is 4.48. The van der Waals surface area contributed by atoms with E-state index in [2.05, 4.69) is 20.3 Å². The molecule has 0 aliphatic carbocycles. The standard InChI is InChI=1S/C14H14N4OS/c1-9-16-7-10(20-9)6-15-8-13-17-12-5-3-2-4-11(12)14(19)18-13/h2-5,7,15H,6,8H2,1H3,(H,17,18,19). The zero-order valence-corrected chi connectivity index (χ0v) is 11.8. The van der Waals surface area contributed by atoms with Gasteiger partial charge in [-0.15, -0.1) is 11.3 Å². The number of aryl methyl sites for hydroxylation is 1. The van der Waals surface area contributed by atoms with Gasteiger partial charge in [0, 0.05) is 17.6 Å². The Morgan fingerprint density at radius 3 is 2.95 bits per heavy atom. The van der Waals surface area contributed by atoms with Crippen LogP contribution < -0.4 is 10.9 Å². The molecule has 5 nitrogen and oxygen atoms in total. The fourth-order valence-electron chi connectivity index (χ4n) is 2.01. The molecule has 2 aromatic heterocycles. The number of aromatic nitrogens is 3. The molecule has 0 saturated heterocycles. The van der Waals surface area contributed by atoms with E-state index in [-0.39, 0.29) is 5.56 Å². The average molecular weight is 286 g/mol. The van der Waals surface area contributed by atoms with Gasteiger partial charge in [0.05, 0.1) is 22.5 Å². The number of fused-ring (bicyclic) bond motifs is 1. The molecule has 0 atom stereocenters. The molecule has 1 aromatic carbocycles. The Balaban J connectivity index is 1.73. The van der Waals surface area contributed by atoms with E-state index in [1.807, 2.05) is 31.3 Å². The molecule has 102 valence electrons. The molecule has 3 rings (SSSR count). The lowest BCUT2D eigenvalue weighted by atomic mass is 10.2. The van der Waals surface area contributed by atoms with Crippen LogP contribution >= 0.6 is 11.3 Å². The first-order chi connectivity index (χ1) is 9.72. The Morgan fingerprint density at radius 1 is 1.30 bits per heavy atom. The molecule has 0 unspecified atom stereocenters. The Morgan fingerprint density at radius 2 is 2.15 bits per heavy atom. The highest BCUT2D eigenvalue weighted by Gasteiger charge is 2.03. The zero-order valence-electron chi connectivity index (χ0n) is 11.0. The molecule has 0 bridgehead atoms. The van der Waals surface area contributed by atoms with Gasteiger partial charge < -0.3 is 10.3 Å². The topological polar surface area (TPSA) is 70.7 Å². The third-order valence-electron chi connectivity index (χ3n) is 2.92. The molecule has 0 spiro atoms. The number of H-pyrrole nitrogens is 1. The molecule has 0 radical (unpaired) electrons. The van der Waals surface area contributed by atoms with Gasteiger partial charge in [0.2, 0.25) is 0 Å². The van der Waals surface area contributed by atoms with Crippen molar-refractivity contribution >= 4 is 22.2 Å². The quantitative estimate of drug-likeness (QED) is 0.769. The molecule has 3 aromatic rings. The van der Waals surface area contributed by atoms with Gasteiger partial charge in [-0.1, -0.05) is 12.1 Å². The number of hydrogen-bond donors (Lipinski definition) is 2. The summed E-state index contributed by atoms with van der Waals surface area (Å²) in [5, 5.41) is 4.94. The normalized spacial score (nSPS) is 11.1. The van der Waals surface area contributed by atoms with Crippen molar-refractivity contribution in [2.24, 2.45) is 0 Å². The highest BCUT2D eigenvalue weighted by atomic mass is 32.1. The van der Waals surface area contributed by atoms with Gasteiger partial charge in [-0.2, -0.15) is 0 Å². The van der Waals surface area contributed by atoms with Crippen LogP contribution in [0.5, 0.6) is 0 Å². The van der Waals surface area contributed by atoms with E-state index in [0.29, 0.717) is 17.8 Å². The molecule has 0 aliphatic heterocycles. The predicted molar refractivity (Wildman–Crippen MR) is 79.8 cm³/mol. The Kier molecular flexibility index (Phi) is 3.58. The third-order valence-corrected chi connectivity index (χ3v) is 3.84. The summed E-state index contributed by atoms with van der Waals surface area (Å²) in [6.45, 7) is 3.23. The minimum absolute atomic E-state index is 0.0963. The van der Waals surface area contributed by atoms with Crippen molar-refractivity contribution in [1.29, 1.82) is 0 Å². The van der Waals surface area contributed by atoms with Crippen LogP contribution in [-0.4, -0.2) is 15.0 Å². The predicted octanol–water partition coefficient (Wildman–Crippen LogP) is 1.98. The second-order valence-corrected chi connectivity index (χ2v) is 5.80. The summed E-state index contributed by atoms with van der Waals surface area (Å²) < 4.78 is 0. The Hall–Kier alpha value is -2.05. The van der Waals surface area contributed by atoms with Crippen LogP contribution in [0.3, 0.4) is 0 Å². The molecule has 0 aliphatic rings. The molecule has 2 heterocycles. The highest BCUT2D eigenvalue weighted by Crippen LogP contribution is 2.11. The summed E-state index contributed by atoms with van der Waals surface area (Å²) >= 11 is 1.66. The van der Waals surface area contributed by atoms with Crippen molar-refractivity contribution in [3.63, 3.8) is 0 Å². The fourth-order valence-corrected chi connectivity index (χ4v) is 2.77. The van der Waals surface area contributed by atoms with E-state index in [0.717, 1.165) is 17.1 Å². The van der Waals surface area contributed by atoms with E-state index >= 15 is 0 Å². The zero-order chi connectivity index (χ0) is 13.9. The van der Waals surface area contributed by atoms with E-state index < -0.39 is 0 Å². The van der Waals surface area contributed by atoms with Gasteiger partial charge >= 0.3 is 0 Å². The van der Waals surface area contributed by atoms with Crippen molar-refractivity contribution in [2.75, 3.05) is 0 Å². The summed E-state index contributed by atoms with van der Waals surface area (Å²) in [7, 11) is 0. The summed E-state index contributed by atoms with van der Waals surface area (Å²) in [5.74, 6) is 0.648. The highest BCUT2D eigenvalue weighted by molar-refractivity contribution is 7.11. The van der Waals surface area contributed by atoms with E-state index in [1.54, 1.807) is 17.4 Å². The van der Waals surface area contributed by atoms with E-state index in [9.17, 15) is 4.79 Å². The van der Waals surface area contributed by atoms with Crippen molar-refractivity contribution in [3.05, 3.63) is 56.5 Å². The molecule has 0 saturated carbocycles. The maximum Gasteiger partial charge on any atom is 0.258 e. The maximum absolute atomic E-state index is 11.9. The number of nitrogens with zero attached hydrogens (tertiary/aromatic N) is 2. The van der Waals surface area contributed by atoms with Crippen LogP contribution in [0.4, 0.5) is 0 Å². The Bertz CT molecular complexity index is 793. The van der Waals surface area contributed by atoms with Gasteiger partial charge in [-0.3, -0.25) is 4.79 Å². The van der Waals surface area contributed by atoms with Gasteiger partial charge in [0.1, 0.15) is 5.82 Å². The summed E-state index contributed by atoms with van der Waals surface area (Å²) in [6, 6.07) is 7.34. The number of para-hydroxylation sites is 1. The van der Waals surface area contributed by atoms with Crippen molar-refractivity contribution in [1.82, 2.24) is 20.3 Å². The van der Waals surface area contributed by atoms with Crippen LogP contribution in [0.15, 0.2) is 35.3 Å². The van der Waals surface area contributed by atoms with Gasteiger partial charge in [0.15, 0.2) is 0 Å². The monoisotopic (exact) mass is 286 g/mol. The first kappa shape index (κ1) is 13.0. The summed E-state index contributed by atoms with van der Waals surface area (Å²) in [4.78, 5) is 24.5. The van der Waals surface area contributed by atoms with Gasteiger partial charge in [-0.25, -0.2) is 9.97 Å². The summed E-state index contributed by atoms with van der Waals surface area (Å²) in [6.07, 6.45) is 1.86. The van der Waals surface area contributed by atoms with E-state index in [4.69, 9.17) is 0 Å². The summed E-state index contributed by atoms with van der Waals surface area (Å²) in [5.41, 5.74) is 0.628. The molecule has 0 fully saturated rings. The second kappa shape index (κ2) is 5.52. The SMILES string of the molecule is Cc1ncc(CNCc2nc3ccccc3c(=O)[nH]2)s1. The number of aromatic amines is 1. The van der Waals surface area contributed by atoms with Gasteiger partial charge in [-0.05, 0) is 19.1 Å². The smallest absolute Gasteiger partial charge is 0.258 e. The lowest BCUT2D eigenvalue weighted by Crippen LogP contribution is -2.18. The minimum atomic E-state index is -0.0963. The first-order valence-electron chi connectivity index (χ1n) is 6.32. The lowest BCUT2D eigenvalue weighted by molar-refractivity contribution is 0.668. The number of rotatable bonds is 4. The van der Waals surface area contributed by atoms with Crippen LogP contribution in [0, 0.1) is 6.92 Å². The van der Waals surface area contributed by atoms with Crippen LogP contribution in [0.2, 0.25) is 0 Å². The van der Waals surface area contributed by atoms with E-state index in [1.165, 1.54) is 4.88 Å². The van der Waals surface area contributed by atoms with Crippen LogP contribution in [-0.2, 0) is 13.1 Å². The molecule has 2 N–H and O–H groups in total. The first-order valence-corrected chi connectivity index (χ1v) is 7.14. The third kappa shape index (κ3) is 2.76. The molecular formula is C14H14N4OS. The molecule has 20 heavy (non-hydrogen) atoms.